The number of amides is 5. The number of nitrogens with two attached hydrogens (primary N) is 1. The summed E-state index contributed by atoms with van der Waals surface area (Å²) in [6.07, 6.45) is 5.66. The van der Waals surface area contributed by atoms with Gasteiger partial charge in [0, 0.05) is 33.1 Å². The van der Waals surface area contributed by atoms with E-state index in [4.69, 9.17) is 5.73 Å². The van der Waals surface area contributed by atoms with Crippen molar-refractivity contribution in [2.24, 2.45) is 11.7 Å². The van der Waals surface area contributed by atoms with Crippen LogP contribution in [0.2, 0.25) is 0 Å². The Labute approximate surface area is 324 Å². The van der Waals surface area contributed by atoms with Gasteiger partial charge in [0.1, 0.15) is 30.2 Å². The average Bonchev–Trinajstić information content (AvgIpc) is 3.72. The quantitative estimate of drug-likeness (QED) is 0.264. The molecule has 2 aromatic rings. The number of nitrogens with zero attached hydrogens (tertiary/aromatic N) is 4. The van der Waals surface area contributed by atoms with Gasteiger partial charge >= 0.3 is 5.97 Å². The number of hydrogen-bond acceptors (Lipinski definition) is 7. The van der Waals surface area contributed by atoms with Gasteiger partial charge < -0.3 is 35.8 Å². The number of carbonyl (C=O) groups excluding carboxylic acids is 5. The molecule has 1 unspecified atom stereocenters. The molecule has 2 aromatic carbocycles. The topological polar surface area (TPSA) is 174 Å². The van der Waals surface area contributed by atoms with Gasteiger partial charge in [-0.25, -0.2) is 4.79 Å². The third kappa shape index (κ3) is 9.91. The van der Waals surface area contributed by atoms with Crippen molar-refractivity contribution in [3.8, 4) is 0 Å². The lowest BCUT2D eigenvalue weighted by atomic mass is 9.92. The van der Waals surface area contributed by atoms with Crippen molar-refractivity contribution in [3.63, 3.8) is 0 Å². The van der Waals surface area contributed by atoms with Crippen LogP contribution in [0.3, 0.4) is 0 Å². The Morgan fingerprint density at radius 2 is 1.27 bits per heavy atom. The molecule has 13 heteroatoms. The molecule has 7 atom stereocenters. The summed E-state index contributed by atoms with van der Waals surface area (Å²) in [6.45, 7) is 4.80. The second-order valence-electron chi connectivity index (χ2n) is 15.4. The summed E-state index contributed by atoms with van der Waals surface area (Å²) in [6, 6.07) is 13.4. The lowest BCUT2D eigenvalue weighted by molar-refractivity contribution is -0.158. The van der Waals surface area contributed by atoms with Crippen LogP contribution in [0.25, 0.3) is 0 Å². The zero-order valence-electron chi connectivity index (χ0n) is 32.5. The van der Waals surface area contributed by atoms with Gasteiger partial charge in [0.05, 0.1) is 6.04 Å². The van der Waals surface area contributed by atoms with Crippen molar-refractivity contribution in [2.45, 2.75) is 121 Å². The Kier molecular flexibility index (Phi) is 14.4. The van der Waals surface area contributed by atoms with Crippen molar-refractivity contribution in [3.05, 3.63) is 71.8 Å². The van der Waals surface area contributed by atoms with Gasteiger partial charge in [0.2, 0.25) is 29.5 Å². The van der Waals surface area contributed by atoms with Crippen molar-refractivity contribution in [1.82, 2.24) is 24.9 Å². The Hall–Kier alpha value is -4.78. The number of carboxylic acid groups (broad SMARTS) is 1. The van der Waals surface area contributed by atoms with Crippen LogP contribution >= 0.6 is 0 Å². The van der Waals surface area contributed by atoms with Gasteiger partial charge in [-0.15, -0.1) is 0 Å². The van der Waals surface area contributed by atoms with Crippen molar-refractivity contribution >= 4 is 35.5 Å². The van der Waals surface area contributed by atoms with Crippen LogP contribution in [0.15, 0.2) is 60.7 Å². The van der Waals surface area contributed by atoms with E-state index in [1.807, 2.05) is 74.5 Å². The van der Waals surface area contributed by atoms with Gasteiger partial charge in [0.25, 0.3) is 0 Å². The standard InChI is InChI=1S/C42H58N6O7/c1-4-28(2)36(44-37(49)31(43)26-29-16-7-5-8-17-29)41(53)47-24-14-12-21-33(47)39(51)46-23-13-11-20-32(46)38(50)45(3)35(27-30-18-9-6-10-19-30)40(52)48-25-15-22-34(48)42(54)55/h5-10,16-19,28,31-36H,4,11-15,20-27,43H2,1-3H3,(H,44,49)(H,54,55)/t28?,31-,32+,33-,34+,35-,36+/m1/s1. The minimum atomic E-state index is -1.07. The first kappa shape index (κ1) is 41.4. The molecule has 0 bridgehead atoms. The Bertz CT molecular complexity index is 1660. The van der Waals surface area contributed by atoms with Crippen LogP contribution in [0, 0.1) is 5.92 Å². The van der Waals surface area contributed by atoms with Gasteiger partial charge in [-0.05, 0) is 74.8 Å². The number of hydrogen-bond donors (Lipinski definition) is 3. The molecule has 0 radical (unpaired) electrons. The minimum absolute atomic E-state index is 0.189. The number of nitrogens with one attached hydrogen (secondary N) is 1. The van der Waals surface area contributed by atoms with E-state index in [1.165, 1.54) is 9.80 Å². The summed E-state index contributed by atoms with van der Waals surface area (Å²) < 4.78 is 0. The monoisotopic (exact) mass is 758 g/mol. The highest BCUT2D eigenvalue weighted by Gasteiger charge is 2.45. The van der Waals surface area contributed by atoms with E-state index < -0.39 is 54.0 Å². The van der Waals surface area contributed by atoms with Crippen LogP contribution in [-0.2, 0) is 41.6 Å². The number of carboxylic acids is 1. The number of likely N-dealkylation sites (tertiary alicyclic amines) is 3. The lowest BCUT2D eigenvalue weighted by Crippen LogP contribution is -2.63. The van der Waals surface area contributed by atoms with Crippen molar-refractivity contribution < 1.29 is 33.9 Å². The highest BCUT2D eigenvalue weighted by molar-refractivity contribution is 5.97. The zero-order chi connectivity index (χ0) is 39.6. The lowest BCUT2D eigenvalue weighted by Gasteiger charge is -2.44. The molecule has 0 saturated carbocycles. The molecule has 0 spiro atoms. The van der Waals surface area contributed by atoms with E-state index in [1.54, 1.807) is 16.8 Å². The molecular weight excluding hydrogens is 700 g/mol. The van der Waals surface area contributed by atoms with Crippen LogP contribution in [-0.4, -0.2) is 123 Å². The Morgan fingerprint density at radius 3 is 1.87 bits per heavy atom. The summed E-state index contributed by atoms with van der Waals surface area (Å²) in [7, 11) is 1.56. The summed E-state index contributed by atoms with van der Waals surface area (Å²) in [5.74, 6) is -3.20. The summed E-state index contributed by atoms with van der Waals surface area (Å²) >= 11 is 0. The van der Waals surface area contributed by atoms with Gasteiger partial charge in [-0.2, -0.15) is 0 Å². The molecule has 3 aliphatic heterocycles. The van der Waals surface area contributed by atoms with Crippen LogP contribution in [0.5, 0.6) is 0 Å². The maximum atomic E-state index is 14.6. The minimum Gasteiger partial charge on any atom is -0.480 e. The average molecular weight is 759 g/mol. The smallest absolute Gasteiger partial charge is 0.326 e. The largest absolute Gasteiger partial charge is 0.480 e. The van der Waals surface area contributed by atoms with Crippen LogP contribution < -0.4 is 11.1 Å². The molecule has 55 heavy (non-hydrogen) atoms. The van der Waals surface area contributed by atoms with Crippen LogP contribution in [0.1, 0.15) is 82.8 Å². The molecule has 0 aliphatic carbocycles. The number of benzene rings is 2. The molecule has 3 aliphatic rings. The first-order valence-electron chi connectivity index (χ1n) is 20.0. The Morgan fingerprint density at radius 1 is 0.745 bits per heavy atom. The molecule has 3 heterocycles. The highest BCUT2D eigenvalue weighted by atomic mass is 16.4. The third-order valence-electron chi connectivity index (χ3n) is 11.7. The van der Waals surface area contributed by atoms with E-state index in [9.17, 15) is 33.9 Å². The molecule has 5 amide bonds. The molecular formula is C42H58N6O7. The van der Waals surface area contributed by atoms with Crippen molar-refractivity contribution in [2.75, 3.05) is 26.7 Å². The van der Waals surface area contributed by atoms with E-state index >= 15 is 0 Å². The highest BCUT2D eigenvalue weighted by Crippen LogP contribution is 2.28. The molecule has 3 fully saturated rings. The SMILES string of the molecule is CCC(C)[C@H](NC(=O)[C@H](N)Cc1ccccc1)C(=O)N1CCCC[C@@H]1C(=O)N1CCCC[C@H]1C(=O)N(C)[C@H](Cc1ccccc1)C(=O)N1CCC[C@H]1C(=O)O. The number of piperidine rings is 2. The zero-order valence-corrected chi connectivity index (χ0v) is 32.5. The second kappa shape index (κ2) is 19.2. The maximum Gasteiger partial charge on any atom is 0.326 e. The predicted octanol–water partition coefficient (Wildman–Crippen LogP) is 2.99. The number of likely N-dealkylation sites (N-methyl/N-ethyl adjacent to an activating group) is 1. The first-order chi connectivity index (χ1) is 26.4. The molecule has 3 saturated heterocycles. The maximum absolute atomic E-state index is 14.6. The molecule has 0 aromatic heterocycles. The Balaban J connectivity index is 1.35. The van der Waals surface area contributed by atoms with Gasteiger partial charge in [-0.1, -0.05) is 80.9 Å². The number of rotatable bonds is 14. The van der Waals surface area contributed by atoms with E-state index in [-0.39, 0.29) is 30.1 Å². The normalized spacial score (nSPS) is 22.3. The van der Waals surface area contributed by atoms with E-state index in [0.29, 0.717) is 77.4 Å². The van der Waals surface area contributed by atoms with E-state index in [0.717, 1.165) is 17.5 Å². The molecule has 4 N–H and O–H groups in total. The van der Waals surface area contributed by atoms with Gasteiger partial charge in [0.15, 0.2) is 0 Å². The van der Waals surface area contributed by atoms with E-state index in [2.05, 4.69) is 5.32 Å². The molecule has 298 valence electrons. The van der Waals surface area contributed by atoms with Gasteiger partial charge in [-0.3, -0.25) is 24.0 Å². The molecule has 13 nitrogen and oxygen atoms in total. The summed E-state index contributed by atoms with van der Waals surface area (Å²) in [5.41, 5.74) is 8.04. The molecule has 5 rings (SSSR count). The fourth-order valence-corrected chi connectivity index (χ4v) is 8.27. The fourth-order valence-electron chi connectivity index (χ4n) is 8.27. The van der Waals surface area contributed by atoms with Crippen LogP contribution in [0.4, 0.5) is 0 Å². The third-order valence-corrected chi connectivity index (χ3v) is 11.7. The fraction of sp³-hybridized carbons (Fsp3) is 0.571. The second-order valence-corrected chi connectivity index (χ2v) is 15.4. The first-order valence-corrected chi connectivity index (χ1v) is 20.0. The summed E-state index contributed by atoms with van der Waals surface area (Å²) in [5, 5.41) is 12.8. The number of carbonyl (C=O) groups is 6. The summed E-state index contributed by atoms with van der Waals surface area (Å²) in [4.78, 5) is 89.1. The number of aliphatic carboxylic acids is 1. The predicted molar refractivity (Wildman–Crippen MR) is 207 cm³/mol. The van der Waals surface area contributed by atoms with Crippen molar-refractivity contribution in [1.29, 1.82) is 0 Å².